The molecular weight excluding hydrogens is 258 g/mol. The first-order chi connectivity index (χ1) is 9.54. The predicted octanol–water partition coefficient (Wildman–Crippen LogP) is 1.01. The Morgan fingerprint density at radius 1 is 1.05 bits per heavy atom. The second-order valence-corrected chi connectivity index (χ2v) is 6.89. The van der Waals surface area contributed by atoms with Gasteiger partial charge in [0.15, 0.2) is 6.10 Å². The highest BCUT2D eigenvalue weighted by atomic mass is 16.4. The van der Waals surface area contributed by atoms with Gasteiger partial charge in [0.1, 0.15) is 0 Å². The average Bonchev–Trinajstić information content (AvgIpc) is 2.37. The molecule has 5 heteroatoms. The smallest absolute Gasteiger partial charge is 0.332 e. The Morgan fingerprint density at radius 2 is 1.60 bits per heavy atom. The second-order valence-electron chi connectivity index (χ2n) is 6.89. The summed E-state index contributed by atoms with van der Waals surface area (Å²) in [6, 6.07) is 0. The highest BCUT2D eigenvalue weighted by Gasteiger charge is 2.50. The van der Waals surface area contributed by atoms with Gasteiger partial charge in [0.05, 0.1) is 0 Å². The van der Waals surface area contributed by atoms with Crippen molar-refractivity contribution in [2.24, 2.45) is 29.6 Å². The van der Waals surface area contributed by atoms with Crippen LogP contribution in [0.5, 0.6) is 0 Å². The van der Waals surface area contributed by atoms with Crippen LogP contribution in [0.3, 0.4) is 0 Å². The summed E-state index contributed by atoms with van der Waals surface area (Å²) >= 11 is 0. The summed E-state index contributed by atoms with van der Waals surface area (Å²) in [7, 11) is 0. The average molecular weight is 281 g/mol. The molecule has 4 fully saturated rings. The molecule has 3 N–H and O–H groups in total. The van der Waals surface area contributed by atoms with E-state index in [9.17, 15) is 14.7 Å². The summed E-state index contributed by atoms with van der Waals surface area (Å²) < 4.78 is 0. The zero-order chi connectivity index (χ0) is 14.3. The molecule has 4 aliphatic rings. The number of carbonyl (C=O) groups is 2. The molecule has 1 amide bonds. The molecule has 112 valence electrons. The van der Waals surface area contributed by atoms with E-state index in [0.29, 0.717) is 11.8 Å². The van der Waals surface area contributed by atoms with Crippen molar-refractivity contribution in [1.29, 1.82) is 0 Å². The van der Waals surface area contributed by atoms with Crippen LogP contribution in [0.1, 0.15) is 38.5 Å². The van der Waals surface area contributed by atoms with Crippen LogP contribution in [0.4, 0.5) is 0 Å². The van der Waals surface area contributed by atoms with E-state index in [1.165, 1.54) is 32.1 Å². The molecule has 0 aromatic rings. The highest BCUT2D eigenvalue weighted by molar-refractivity contribution is 5.79. The lowest BCUT2D eigenvalue weighted by atomic mass is 9.51. The van der Waals surface area contributed by atoms with E-state index >= 15 is 0 Å². The number of nitrogens with one attached hydrogen (secondary N) is 1. The number of aliphatic hydroxyl groups is 1. The van der Waals surface area contributed by atoms with Crippen LogP contribution in [-0.4, -0.2) is 34.7 Å². The molecule has 0 radical (unpaired) electrons. The van der Waals surface area contributed by atoms with Crippen LogP contribution in [0.15, 0.2) is 0 Å². The Hall–Kier alpha value is -1.10. The maximum absolute atomic E-state index is 12.3. The summed E-state index contributed by atoms with van der Waals surface area (Å²) in [5.41, 5.74) is 0. The van der Waals surface area contributed by atoms with Crippen LogP contribution < -0.4 is 5.32 Å². The summed E-state index contributed by atoms with van der Waals surface area (Å²) in [6.45, 7) is 0.245. The van der Waals surface area contributed by atoms with E-state index < -0.39 is 12.1 Å². The Balaban J connectivity index is 1.52. The number of amides is 1. The lowest BCUT2D eigenvalue weighted by Gasteiger charge is -2.53. The first-order valence-corrected chi connectivity index (χ1v) is 7.73. The monoisotopic (exact) mass is 281 g/mol. The molecule has 0 saturated heterocycles. The Labute approximate surface area is 118 Å². The SMILES string of the molecule is O=C(NCC[C@H](O)C(=O)O)C1C2CC3CC(C2)CC1C3. The van der Waals surface area contributed by atoms with Gasteiger partial charge in [-0.1, -0.05) is 0 Å². The maximum Gasteiger partial charge on any atom is 0.332 e. The molecule has 4 aliphatic carbocycles. The standard InChI is InChI=1S/C15H23NO4/c17-12(15(19)20)1-2-16-14(18)13-10-4-8-3-9(6-10)7-11(13)5-8/h8-13,17H,1-7H2,(H,16,18)(H,19,20)/t8?,9?,10?,11?,12-,13?/m0/s1. The molecule has 5 nitrogen and oxygen atoms in total. The topological polar surface area (TPSA) is 86.6 Å². The number of hydrogen-bond donors (Lipinski definition) is 3. The van der Waals surface area contributed by atoms with Crippen LogP contribution in [0.25, 0.3) is 0 Å². The minimum Gasteiger partial charge on any atom is -0.479 e. The second kappa shape index (κ2) is 5.35. The fourth-order valence-electron chi connectivity index (χ4n) is 4.93. The largest absolute Gasteiger partial charge is 0.479 e. The van der Waals surface area contributed by atoms with E-state index in [-0.39, 0.29) is 24.8 Å². The van der Waals surface area contributed by atoms with Gasteiger partial charge in [-0.3, -0.25) is 4.79 Å². The number of carboxylic acid groups (broad SMARTS) is 1. The number of carbonyl (C=O) groups excluding carboxylic acids is 1. The minimum atomic E-state index is -1.38. The Bertz CT molecular complexity index is 381. The maximum atomic E-state index is 12.3. The fraction of sp³-hybridized carbons (Fsp3) is 0.867. The number of aliphatic hydroxyl groups excluding tert-OH is 1. The van der Waals surface area contributed by atoms with E-state index in [2.05, 4.69) is 5.32 Å². The lowest BCUT2D eigenvalue weighted by Crippen LogP contribution is -2.51. The molecule has 0 heterocycles. The van der Waals surface area contributed by atoms with E-state index in [1.807, 2.05) is 0 Å². The molecule has 20 heavy (non-hydrogen) atoms. The number of aliphatic carboxylic acids is 1. The van der Waals surface area contributed by atoms with Crippen molar-refractivity contribution in [3.8, 4) is 0 Å². The molecule has 0 aromatic heterocycles. The Kier molecular flexibility index (Phi) is 3.71. The van der Waals surface area contributed by atoms with Gasteiger partial charge in [-0.05, 0) is 55.8 Å². The minimum absolute atomic E-state index is 0.0778. The van der Waals surface area contributed by atoms with Crippen LogP contribution in [-0.2, 0) is 9.59 Å². The van der Waals surface area contributed by atoms with Gasteiger partial charge in [0.25, 0.3) is 0 Å². The molecular formula is C15H23NO4. The number of rotatable bonds is 5. The van der Waals surface area contributed by atoms with Crippen molar-refractivity contribution in [2.75, 3.05) is 6.54 Å². The van der Waals surface area contributed by atoms with Gasteiger partial charge >= 0.3 is 5.97 Å². The van der Waals surface area contributed by atoms with Crippen LogP contribution >= 0.6 is 0 Å². The van der Waals surface area contributed by atoms with Gasteiger partial charge in [0.2, 0.25) is 5.91 Å². The molecule has 0 unspecified atom stereocenters. The van der Waals surface area contributed by atoms with Crippen molar-refractivity contribution in [1.82, 2.24) is 5.32 Å². The van der Waals surface area contributed by atoms with Crippen molar-refractivity contribution in [3.63, 3.8) is 0 Å². The van der Waals surface area contributed by atoms with Gasteiger partial charge < -0.3 is 15.5 Å². The molecule has 4 rings (SSSR count). The van der Waals surface area contributed by atoms with Crippen molar-refractivity contribution < 1.29 is 19.8 Å². The lowest BCUT2D eigenvalue weighted by molar-refractivity contribution is -0.147. The molecule has 4 saturated carbocycles. The van der Waals surface area contributed by atoms with Crippen LogP contribution in [0.2, 0.25) is 0 Å². The van der Waals surface area contributed by atoms with E-state index in [4.69, 9.17) is 5.11 Å². The molecule has 0 aromatic carbocycles. The van der Waals surface area contributed by atoms with Crippen molar-refractivity contribution >= 4 is 11.9 Å². The Morgan fingerprint density at radius 3 is 2.10 bits per heavy atom. The fourth-order valence-corrected chi connectivity index (χ4v) is 4.93. The molecule has 0 spiro atoms. The third-order valence-electron chi connectivity index (χ3n) is 5.53. The van der Waals surface area contributed by atoms with Crippen molar-refractivity contribution in [3.05, 3.63) is 0 Å². The quantitative estimate of drug-likeness (QED) is 0.702. The predicted molar refractivity (Wildman–Crippen MR) is 71.8 cm³/mol. The highest BCUT2D eigenvalue weighted by Crippen LogP contribution is 2.56. The van der Waals surface area contributed by atoms with E-state index in [1.54, 1.807) is 0 Å². The zero-order valence-electron chi connectivity index (χ0n) is 11.6. The number of hydrogen-bond acceptors (Lipinski definition) is 3. The van der Waals surface area contributed by atoms with Gasteiger partial charge in [-0.2, -0.15) is 0 Å². The van der Waals surface area contributed by atoms with Crippen LogP contribution in [0, 0.1) is 29.6 Å². The van der Waals surface area contributed by atoms with E-state index in [0.717, 1.165) is 11.8 Å². The summed E-state index contributed by atoms with van der Waals surface area (Å²) in [4.78, 5) is 22.9. The first-order valence-electron chi connectivity index (χ1n) is 7.73. The summed E-state index contributed by atoms with van der Waals surface area (Å²) in [5.74, 6) is 1.74. The van der Waals surface area contributed by atoms with Gasteiger partial charge in [-0.15, -0.1) is 0 Å². The zero-order valence-corrected chi connectivity index (χ0v) is 11.6. The normalized spacial score (nSPS) is 39.5. The van der Waals surface area contributed by atoms with Gasteiger partial charge in [0, 0.05) is 18.9 Å². The third-order valence-corrected chi connectivity index (χ3v) is 5.53. The molecule has 0 aliphatic heterocycles. The first kappa shape index (κ1) is 13.9. The summed E-state index contributed by atoms with van der Waals surface area (Å²) in [5, 5.41) is 20.6. The molecule has 4 bridgehead atoms. The third kappa shape index (κ3) is 2.55. The van der Waals surface area contributed by atoms with Gasteiger partial charge in [-0.25, -0.2) is 4.79 Å². The summed E-state index contributed by atoms with van der Waals surface area (Å²) in [6.07, 6.45) is 4.85. The molecule has 1 atom stereocenters. The number of carboxylic acids is 1. The van der Waals surface area contributed by atoms with Crippen molar-refractivity contribution in [2.45, 2.75) is 44.6 Å².